The normalized spacial score (nSPS) is 16.9. The van der Waals surface area contributed by atoms with Crippen LogP contribution in [0.2, 0.25) is 0 Å². The van der Waals surface area contributed by atoms with Gasteiger partial charge >= 0.3 is 6.18 Å². The minimum absolute atomic E-state index is 0.208. The average Bonchev–Trinajstić information content (AvgIpc) is 2.75. The van der Waals surface area contributed by atoms with E-state index in [1.165, 1.54) is 22.3 Å². The maximum atomic E-state index is 11.9. The van der Waals surface area contributed by atoms with Crippen molar-refractivity contribution in [3.63, 3.8) is 0 Å². The topological polar surface area (TPSA) is 29.5 Å². The van der Waals surface area contributed by atoms with Crippen LogP contribution in [0.1, 0.15) is 4.88 Å². The fraction of sp³-hybridized carbons (Fsp3) is 0.417. The predicted octanol–water partition coefficient (Wildman–Crippen LogP) is 2.55. The second-order valence-corrected chi connectivity index (χ2v) is 5.12. The minimum atomic E-state index is -4.32. The zero-order chi connectivity index (χ0) is 13.9. The molecule has 1 saturated heterocycles. The molecular weight excluding hydrogens is 279 g/mol. The smallest absolute Gasteiger partial charge is 0.365 e. The molecule has 1 aliphatic heterocycles. The van der Waals surface area contributed by atoms with Crippen LogP contribution in [0.3, 0.4) is 0 Å². The second-order valence-electron chi connectivity index (χ2n) is 4.14. The van der Waals surface area contributed by atoms with Crippen LogP contribution >= 0.6 is 11.3 Å². The van der Waals surface area contributed by atoms with Crippen LogP contribution in [-0.4, -0.2) is 42.8 Å². The molecule has 1 fully saturated rings. The standard InChI is InChI=1S/C12H12F3NO2S/c13-12(14,15)8-18-9-6-16(7-9)11(17)4-3-10-2-1-5-19-10/h1-5,9H,6-8H2. The summed E-state index contributed by atoms with van der Waals surface area (Å²) in [5.41, 5.74) is 0. The SMILES string of the molecule is O=C(C=Cc1cccs1)N1CC(OCC(F)(F)F)C1. The largest absolute Gasteiger partial charge is 0.411 e. The van der Waals surface area contributed by atoms with Gasteiger partial charge in [-0.1, -0.05) is 6.07 Å². The van der Waals surface area contributed by atoms with Gasteiger partial charge in [-0.15, -0.1) is 11.3 Å². The first kappa shape index (κ1) is 14.1. The van der Waals surface area contributed by atoms with Gasteiger partial charge in [0.15, 0.2) is 0 Å². The van der Waals surface area contributed by atoms with E-state index in [1.807, 2.05) is 17.5 Å². The summed E-state index contributed by atoms with van der Waals surface area (Å²) in [6, 6.07) is 3.75. The van der Waals surface area contributed by atoms with Gasteiger partial charge in [0.05, 0.1) is 6.10 Å². The monoisotopic (exact) mass is 291 g/mol. The van der Waals surface area contributed by atoms with E-state index in [2.05, 4.69) is 4.74 Å². The van der Waals surface area contributed by atoms with Crippen molar-refractivity contribution >= 4 is 23.3 Å². The van der Waals surface area contributed by atoms with Crippen molar-refractivity contribution in [3.8, 4) is 0 Å². The van der Waals surface area contributed by atoms with E-state index in [1.54, 1.807) is 6.08 Å². The number of hydrogen-bond acceptors (Lipinski definition) is 3. The Morgan fingerprint density at radius 2 is 2.26 bits per heavy atom. The Morgan fingerprint density at radius 3 is 2.84 bits per heavy atom. The van der Waals surface area contributed by atoms with Gasteiger partial charge in [0.1, 0.15) is 6.61 Å². The van der Waals surface area contributed by atoms with Crippen LogP contribution in [-0.2, 0) is 9.53 Å². The van der Waals surface area contributed by atoms with Gasteiger partial charge in [-0.05, 0) is 17.5 Å². The van der Waals surface area contributed by atoms with Crippen LogP contribution in [0.5, 0.6) is 0 Å². The first-order valence-corrected chi connectivity index (χ1v) is 6.51. The fourth-order valence-corrected chi connectivity index (χ4v) is 2.20. The summed E-state index contributed by atoms with van der Waals surface area (Å²) in [7, 11) is 0. The van der Waals surface area contributed by atoms with Crippen molar-refractivity contribution in [1.82, 2.24) is 4.90 Å². The van der Waals surface area contributed by atoms with Gasteiger partial charge < -0.3 is 9.64 Å². The van der Waals surface area contributed by atoms with Crippen LogP contribution in [0, 0.1) is 0 Å². The molecule has 0 radical (unpaired) electrons. The quantitative estimate of drug-likeness (QED) is 0.798. The van der Waals surface area contributed by atoms with Gasteiger partial charge in [-0.3, -0.25) is 4.79 Å². The van der Waals surface area contributed by atoms with Crippen molar-refractivity contribution < 1.29 is 22.7 Å². The number of carbonyl (C=O) groups excluding carboxylic acids is 1. The molecule has 2 rings (SSSR count). The van der Waals surface area contributed by atoms with Crippen molar-refractivity contribution in [2.24, 2.45) is 0 Å². The lowest BCUT2D eigenvalue weighted by Gasteiger charge is -2.38. The third kappa shape index (κ3) is 4.36. The number of ether oxygens (including phenoxy) is 1. The average molecular weight is 291 g/mol. The molecule has 3 nitrogen and oxygen atoms in total. The Labute approximate surface area is 112 Å². The third-order valence-electron chi connectivity index (χ3n) is 2.58. The molecule has 0 atom stereocenters. The summed E-state index contributed by atoms with van der Waals surface area (Å²) in [6.45, 7) is -0.835. The summed E-state index contributed by atoms with van der Waals surface area (Å²) in [4.78, 5) is 14.0. The summed E-state index contributed by atoms with van der Waals surface area (Å²) in [5, 5.41) is 1.90. The molecule has 0 saturated carbocycles. The highest BCUT2D eigenvalue weighted by Gasteiger charge is 2.35. The lowest BCUT2D eigenvalue weighted by Crippen LogP contribution is -2.54. The highest BCUT2D eigenvalue weighted by molar-refractivity contribution is 7.10. The van der Waals surface area contributed by atoms with Crippen molar-refractivity contribution in [2.75, 3.05) is 19.7 Å². The summed E-state index contributed by atoms with van der Waals surface area (Å²) >= 11 is 1.51. The lowest BCUT2D eigenvalue weighted by atomic mass is 10.1. The number of amides is 1. The first-order chi connectivity index (χ1) is 8.94. The maximum absolute atomic E-state index is 11.9. The van der Waals surface area contributed by atoms with Crippen molar-refractivity contribution in [1.29, 1.82) is 0 Å². The molecular formula is C12H12F3NO2S. The van der Waals surface area contributed by atoms with Gasteiger partial charge in [0, 0.05) is 24.0 Å². The van der Waals surface area contributed by atoms with Gasteiger partial charge in [-0.25, -0.2) is 0 Å². The Hall–Kier alpha value is -1.34. The van der Waals surface area contributed by atoms with E-state index in [0.29, 0.717) is 0 Å². The molecule has 0 bridgehead atoms. The number of halogens is 3. The van der Waals surface area contributed by atoms with Crippen molar-refractivity contribution in [2.45, 2.75) is 12.3 Å². The molecule has 1 aromatic heterocycles. The summed E-state index contributed by atoms with van der Waals surface area (Å²) < 4.78 is 40.3. The Bertz CT molecular complexity index is 450. The number of rotatable bonds is 4. The lowest BCUT2D eigenvalue weighted by molar-refractivity contribution is -0.199. The highest BCUT2D eigenvalue weighted by atomic mass is 32.1. The van der Waals surface area contributed by atoms with Gasteiger partial charge in [-0.2, -0.15) is 13.2 Å². The molecule has 2 heterocycles. The number of alkyl halides is 3. The first-order valence-electron chi connectivity index (χ1n) is 5.63. The number of nitrogens with zero attached hydrogens (tertiary/aromatic N) is 1. The molecule has 104 valence electrons. The molecule has 0 aliphatic carbocycles. The molecule has 1 amide bonds. The van der Waals surface area contributed by atoms with E-state index in [0.717, 1.165) is 4.88 Å². The van der Waals surface area contributed by atoms with Crippen LogP contribution in [0.15, 0.2) is 23.6 Å². The summed E-state index contributed by atoms with van der Waals surface area (Å²) in [5.74, 6) is -0.208. The van der Waals surface area contributed by atoms with Gasteiger partial charge in [0.2, 0.25) is 5.91 Å². The molecule has 0 unspecified atom stereocenters. The number of likely N-dealkylation sites (tertiary alicyclic amines) is 1. The van der Waals surface area contributed by atoms with Gasteiger partial charge in [0.25, 0.3) is 0 Å². The molecule has 0 spiro atoms. The van der Waals surface area contributed by atoms with E-state index in [-0.39, 0.29) is 19.0 Å². The van der Waals surface area contributed by atoms with E-state index >= 15 is 0 Å². The van der Waals surface area contributed by atoms with Crippen LogP contribution in [0.25, 0.3) is 6.08 Å². The minimum Gasteiger partial charge on any atom is -0.365 e. The highest BCUT2D eigenvalue weighted by Crippen LogP contribution is 2.19. The molecule has 1 aromatic rings. The number of thiophene rings is 1. The second kappa shape index (κ2) is 5.75. The number of carbonyl (C=O) groups is 1. The maximum Gasteiger partial charge on any atom is 0.411 e. The third-order valence-corrected chi connectivity index (χ3v) is 3.41. The fourth-order valence-electron chi connectivity index (χ4n) is 1.58. The molecule has 19 heavy (non-hydrogen) atoms. The zero-order valence-corrected chi connectivity index (χ0v) is 10.7. The molecule has 0 N–H and O–H groups in total. The zero-order valence-electron chi connectivity index (χ0n) is 9.89. The van der Waals surface area contributed by atoms with Crippen molar-refractivity contribution in [3.05, 3.63) is 28.5 Å². The summed E-state index contributed by atoms with van der Waals surface area (Å²) in [6.07, 6.45) is -1.72. The molecule has 7 heteroatoms. The Kier molecular flexibility index (Phi) is 4.26. The van der Waals surface area contributed by atoms with Crippen LogP contribution < -0.4 is 0 Å². The molecule has 1 aliphatic rings. The predicted molar refractivity (Wildman–Crippen MR) is 65.7 cm³/mol. The van der Waals surface area contributed by atoms with E-state index < -0.39 is 18.9 Å². The molecule has 0 aromatic carbocycles. The van der Waals surface area contributed by atoms with Crippen LogP contribution in [0.4, 0.5) is 13.2 Å². The Morgan fingerprint density at radius 1 is 1.53 bits per heavy atom. The van der Waals surface area contributed by atoms with E-state index in [9.17, 15) is 18.0 Å². The van der Waals surface area contributed by atoms with E-state index in [4.69, 9.17) is 0 Å². The number of hydrogen-bond donors (Lipinski definition) is 0. The Balaban J connectivity index is 1.70.